The molecule has 1 heterocycles. The highest BCUT2D eigenvalue weighted by atomic mass is 19.1. The fourth-order valence-corrected chi connectivity index (χ4v) is 2.08. The highest BCUT2D eigenvalue weighted by Crippen LogP contribution is 2.22. The Morgan fingerprint density at radius 3 is 2.67 bits per heavy atom. The lowest BCUT2D eigenvalue weighted by molar-refractivity contribution is 0.102. The zero-order chi connectivity index (χ0) is 15.0. The number of para-hydroxylation sites is 1. The van der Waals surface area contributed by atoms with Crippen molar-refractivity contribution in [1.29, 1.82) is 0 Å². The lowest BCUT2D eigenvalue weighted by Crippen LogP contribution is -2.13. The molecule has 0 saturated carbocycles. The molecule has 21 heavy (non-hydrogen) atoms. The van der Waals surface area contributed by atoms with Crippen LogP contribution < -0.4 is 11.1 Å². The molecule has 1 amide bonds. The number of halogens is 2. The third-order valence-corrected chi connectivity index (χ3v) is 3.11. The van der Waals surface area contributed by atoms with E-state index in [1.165, 1.54) is 6.07 Å². The van der Waals surface area contributed by atoms with E-state index in [0.717, 1.165) is 11.5 Å². The van der Waals surface area contributed by atoms with Crippen LogP contribution in [0.1, 0.15) is 10.5 Å². The Bertz CT molecular complexity index is 842. The van der Waals surface area contributed by atoms with Gasteiger partial charge < -0.3 is 16.0 Å². The first-order valence-electron chi connectivity index (χ1n) is 6.18. The smallest absolute Gasteiger partial charge is 0.272 e. The Labute approximate surface area is 118 Å². The molecule has 0 atom stereocenters. The number of carbonyl (C=O) groups is 1. The minimum Gasteiger partial charge on any atom is -0.397 e. The quantitative estimate of drug-likeness (QED) is 0.633. The average Bonchev–Trinajstić information content (AvgIpc) is 2.87. The van der Waals surface area contributed by atoms with Crippen molar-refractivity contribution in [2.45, 2.75) is 0 Å². The van der Waals surface area contributed by atoms with Gasteiger partial charge in [-0.25, -0.2) is 8.78 Å². The van der Waals surface area contributed by atoms with Crippen molar-refractivity contribution in [2.75, 3.05) is 11.1 Å². The molecule has 106 valence electrons. The minimum atomic E-state index is -0.834. The monoisotopic (exact) mass is 287 g/mol. The van der Waals surface area contributed by atoms with Gasteiger partial charge in [0.1, 0.15) is 17.3 Å². The van der Waals surface area contributed by atoms with Gasteiger partial charge in [0.15, 0.2) is 0 Å². The first kappa shape index (κ1) is 13.1. The van der Waals surface area contributed by atoms with Crippen molar-refractivity contribution in [3.63, 3.8) is 0 Å². The van der Waals surface area contributed by atoms with Crippen LogP contribution in [0.25, 0.3) is 10.9 Å². The number of amides is 1. The molecule has 0 unspecified atom stereocenters. The second-order valence-corrected chi connectivity index (χ2v) is 4.57. The van der Waals surface area contributed by atoms with Gasteiger partial charge in [0.05, 0.1) is 16.9 Å². The van der Waals surface area contributed by atoms with Gasteiger partial charge in [0.25, 0.3) is 5.91 Å². The summed E-state index contributed by atoms with van der Waals surface area (Å²) in [4.78, 5) is 15.0. The lowest BCUT2D eigenvalue weighted by atomic mass is 10.2. The number of nitrogens with one attached hydrogen (secondary N) is 2. The Kier molecular flexibility index (Phi) is 3.06. The molecule has 0 saturated heterocycles. The molecule has 0 fully saturated rings. The van der Waals surface area contributed by atoms with Crippen LogP contribution in [0.3, 0.4) is 0 Å². The van der Waals surface area contributed by atoms with Crippen LogP contribution >= 0.6 is 0 Å². The molecule has 0 spiro atoms. The van der Waals surface area contributed by atoms with E-state index < -0.39 is 17.5 Å². The van der Waals surface area contributed by atoms with Gasteiger partial charge in [-0.05, 0) is 24.3 Å². The predicted molar refractivity (Wildman–Crippen MR) is 77.0 cm³/mol. The number of rotatable bonds is 2. The first-order valence-corrected chi connectivity index (χ1v) is 6.18. The number of fused-ring (bicyclic) bond motifs is 1. The Hall–Kier alpha value is -2.89. The van der Waals surface area contributed by atoms with Gasteiger partial charge in [-0.15, -0.1) is 0 Å². The van der Waals surface area contributed by atoms with E-state index in [4.69, 9.17) is 5.73 Å². The Balaban J connectivity index is 1.92. The normalized spacial score (nSPS) is 10.8. The molecule has 3 aromatic rings. The summed E-state index contributed by atoms with van der Waals surface area (Å²) in [6.45, 7) is 0. The molecule has 4 nitrogen and oxygen atoms in total. The van der Waals surface area contributed by atoms with E-state index in [9.17, 15) is 13.6 Å². The van der Waals surface area contributed by atoms with Crippen molar-refractivity contribution in [3.05, 3.63) is 59.8 Å². The highest BCUT2D eigenvalue weighted by molar-refractivity contribution is 6.07. The van der Waals surface area contributed by atoms with Gasteiger partial charge in [-0.2, -0.15) is 0 Å². The van der Waals surface area contributed by atoms with Crippen LogP contribution in [-0.2, 0) is 0 Å². The predicted octanol–water partition coefficient (Wildman–Crippen LogP) is 3.28. The number of hydrogen-bond donors (Lipinski definition) is 3. The minimum absolute atomic E-state index is 0.0898. The van der Waals surface area contributed by atoms with Crippen molar-refractivity contribution in [1.82, 2.24) is 4.98 Å². The summed E-state index contributed by atoms with van der Waals surface area (Å²) in [5.41, 5.74) is 7.11. The van der Waals surface area contributed by atoms with Gasteiger partial charge in [-0.3, -0.25) is 4.79 Å². The number of H-pyrrole nitrogens is 1. The van der Waals surface area contributed by atoms with Crippen LogP contribution in [0, 0.1) is 11.6 Å². The van der Waals surface area contributed by atoms with Crippen LogP contribution in [0.2, 0.25) is 0 Å². The Morgan fingerprint density at radius 1 is 1.14 bits per heavy atom. The van der Waals surface area contributed by atoms with Gasteiger partial charge >= 0.3 is 0 Å². The SMILES string of the molecule is Nc1cccc2cc(C(=O)Nc3ccc(F)cc3F)[nH]c12. The Morgan fingerprint density at radius 2 is 1.95 bits per heavy atom. The van der Waals surface area contributed by atoms with Crippen LogP contribution in [0.4, 0.5) is 20.2 Å². The number of aromatic amines is 1. The van der Waals surface area contributed by atoms with Crippen LogP contribution in [0.15, 0.2) is 42.5 Å². The standard InChI is InChI=1S/C15H11F2N3O/c16-9-4-5-12(10(17)7-9)20-15(21)13-6-8-2-1-3-11(18)14(8)19-13/h1-7,19H,18H2,(H,20,21). The molecule has 3 rings (SSSR count). The summed E-state index contributed by atoms with van der Waals surface area (Å²) in [7, 11) is 0. The molecule has 6 heteroatoms. The van der Waals surface area contributed by atoms with Crippen molar-refractivity contribution >= 4 is 28.2 Å². The zero-order valence-electron chi connectivity index (χ0n) is 10.8. The fourth-order valence-electron chi connectivity index (χ4n) is 2.08. The largest absolute Gasteiger partial charge is 0.397 e. The van der Waals surface area contributed by atoms with Crippen molar-refractivity contribution < 1.29 is 13.6 Å². The fraction of sp³-hybridized carbons (Fsp3) is 0. The van der Waals surface area contributed by atoms with Gasteiger partial charge in [-0.1, -0.05) is 12.1 Å². The topological polar surface area (TPSA) is 70.9 Å². The van der Waals surface area contributed by atoms with E-state index in [2.05, 4.69) is 10.3 Å². The second kappa shape index (κ2) is 4.90. The number of hydrogen-bond acceptors (Lipinski definition) is 2. The maximum atomic E-state index is 13.5. The number of anilines is 2. The average molecular weight is 287 g/mol. The van der Waals surface area contributed by atoms with Crippen molar-refractivity contribution in [3.8, 4) is 0 Å². The van der Waals surface area contributed by atoms with E-state index in [1.54, 1.807) is 24.3 Å². The number of carbonyl (C=O) groups excluding carboxylic acids is 1. The number of benzene rings is 2. The molecule has 1 aromatic heterocycles. The van der Waals surface area contributed by atoms with E-state index in [0.29, 0.717) is 17.3 Å². The molecule has 2 aromatic carbocycles. The molecule has 0 aliphatic heterocycles. The highest BCUT2D eigenvalue weighted by Gasteiger charge is 2.13. The molecule has 0 aliphatic rings. The zero-order valence-corrected chi connectivity index (χ0v) is 10.8. The maximum Gasteiger partial charge on any atom is 0.272 e. The summed E-state index contributed by atoms with van der Waals surface area (Å²) in [5, 5.41) is 3.16. The molecular weight excluding hydrogens is 276 g/mol. The molecule has 0 bridgehead atoms. The van der Waals surface area contributed by atoms with Gasteiger partial charge in [0, 0.05) is 11.5 Å². The molecule has 0 aliphatic carbocycles. The van der Waals surface area contributed by atoms with Crippen molar-refractivity contribution in [2.24, 2.45) is 0 Å². The summed E-state index contributed by atoms with van der Waals surface area (Å²) in [6.07, 6.45) is 0. The third-order valence-electron chi connectivity index (χ3n) is 3.11. The number of aromatic nitrogens is 1. The van der Waals surface area contributed by atoms with E-state index in [-0.39, 0.29) is 11.4 Å². The maximum absolute atomic E-state index is 13.5. The molecule has 4 N–H and O–H groups in total. The van der Waals surface area contributed by atoms with E-state index >= 15 is 0 Å². The van der Waals surface area contributed by atoms with Crippen LogP contribution in [-0.4, -0.2) is 10.9 Å². The van der Waals surface area contributed by atoms with Crippen LogP contribution in [0.5, 0.6) is 0 Å². The van der Waals surface area contributed by atoms with E-state index in [1.807, 2.05) is 0 Å². The first-order chi connectivity index (χ1) is 10.0. The molecule has 0 radical (unpaired) electrons. The third kappa shape index (κ3) is 2.43. The summed E-state index contributed by atoms with van der Waals surface area (Å²) in [6, 6.07) is 9.84. The number of nitrogen functional groups attached to an aromatic ring is 1. The lowest BCUT2D eigenvalue weighted by Gasteiger charge is -2.04. The molecular formula is C15H11F2N3O. The summed E-state index contributed by atoms with van der Waals surface area (Å²) >= 11 is 0. The second-order valence-electron chi connectivity index (χ2n) is 4.57. The summed E-state index contributed by atoms with van der Waals surface area (Å²) in [5.74, 6) is -2.07. The van der Waals surface area contributed by atoms with Gasteiger partial charge in [0.2, 0.25) is 0 Å². The summed E-state index contributed by atoms with van der Waals surface area (Å²) < 4.78 is 26.3. The number of nitrogens with two attached hydrogens (primary N) is 1.